The maximum absolute atomic E-state index is 0. The van der Waals surface area contributed by atoms with E-state index in [1.807, 2.05) is 0 Å². The SMILES string of the molecule is [La+3].[La+3].[O-2].[O-2].[O-2].[Zr].[Zr]. The summed E-state index contributed by atoms with van der Waals surface area (Å²) in [5.41, 5.74) is 0. The van der Waals surface area contributed by atoms with Crippen molar-refractivity contribution in [2.45, 2.75) is 0 Å². The first kappa shape index (κ1) is 68.2. The normalized spacial score (nSPS) is 0. The molecule has 0 rings (SSSR count). The summed E-state index contributed by atoms with van der Waals surface area (Å²) in [6.07, 6.45) is 0. The van der Waals surface area contributed by atoms with Crippen molar-refractivity contribution in [1.29, 1.82) is 0 Å². The van der Waals surface area contributed by atoms with Crippen LogP contribution in [0.2, 0.25) is 0 Å². The van der Waals surface area contributed by atoms with Crippen molar-refractivity contribution in [3.8, 4) is 0 Å². The standard InChI is InChI=1S/2La.3O.2Zr/q2*+3;3*-2;;. The van der Waals surface area contributed by atoms with Crippen LogP contribution in [-0.2, 0) is 68.8 Å². The van der Waals surface area contributed by atoms with Gasteiger partial charge in [0.1, 0.15) is 0 Å². The van der Waals surface area contributed by atoms with Gasteiger partial charge in [0.05, 0.1) is 0 Å². The van der Waals surface area contributed by atoms with Crippen molar-refractivity contribution in [3.05, 3.63) is 0 Å². The van der Waals surface area contributed by atoms with Gasteiger partial charge in [0, 0.05) is 52.4 Å². The molecule has 0 aliphatic carbocycles. The van der Waals surface area contributed by atoms with Crippen molar-refractivity contribution >= 4 is 0 Å². The van der Waals surface area contributed by atoms with Crippen LogP contribution in [0.4, 0.5) is 0 Å². The Kier molecular flexibility index (Phi) is 490. The summed E-state index contributed by atoms with van der Waals surface area (Å²) >= 11 is 0. The maximum Gasteiger partial charge on any atom is 3.00 e. The summed E-state index contributed by atoms with van der Waals surface area (Å²) in [4.78, 5) is 0. The second-order valence-corrected chi connectivity index (χ2v) is 0. The molecule has 0 aliphatic heterocycles. The Bertz CT molecular complexity index is 10.9. The molecular formula is La2O3Zr2. The molecular weight excluding hydrogens is 508 g/mol. The minimum Gasteiger partial charge on any atom is -2.00 e. The molecule has 0 aromatic heterocycles. The van der Waals surface area contributed by atoms with Gasteiger partial charge in [0.25, 0.3) is 0 Å². The summed E-state index contributed by atoms with van der Waals surface area (Å²) in [5, 5.41) is 0. The van der Waals surface area contributed by atoms with Crippen LogP contribution < -0.4 is 0 Å². The van der Waals surface area contributed by atoms with E-state index in [9.17, 15) is 0 Å². The molecule has 0 unspecified atom stereocenters. The first-order valence-corrected chi connectivity index (χ1v) is 0. The van der Waals surface area contributed by atoms with E-state index in [1.165, 1.54) is 0 Å². The quantitative estimate of drug-likeness (QED) is 0.429. The van der Waals surface area contributed by atoms with Crippen molar-refractivity contribution in [2.75, 3.05) is 0 Å². The molecule has 7 heavy (non-hydrogen) atoms. The zero-order valence-electron chi connectivity index (χ0n) is 3.38. The Morgan fingerprint density at radius 2 is 0.429 bits per heavy atom. The fraction of sp³-hybridized carbons (Fsp3) is 0. The predicted molar refractivity (Wildman–Crippen MR) is 2.06 cm³/mol. The van der Waals surface area contributed by atoms with Crippen molar-refractivity contribution < 1.29 is 140 Å². The van der Waals surface area contributed by atoms with Crippen molar-refractivity contribution in [3.63, 3.8) is 0 Å². The molecule has 3 nitrogen and oxygen atoms in total. The van der Waals surface area contributed by atoms with Gasteiger partial charge in [-0.25, -0.2) is 0 Å². The number of hydrogen-bond acceptors (Lipinski definition) is 0. The van der Waals surface area contributed by atoms with Crippen LogP contribution in [0.1, 0.15) is 0 Å². The van der Waals surface area contributed by atoms with Gasteiger partial charge < -0.3 is 16.4 Å². The van der Waals surface area contributed by atoms with Gasteiger partial charge in [0.15, 0.2) is 0 Å². The minimum atomic E-state index is 0. The topological polar surface area (TPSA) is 85.5 Å². The van der Waals surface area contributed by atoms with Crippen LogP contribution in [0.25, 0.3) is 0 Å². The Hall–Kier alpha value is 4.04. The molecule has 0 spiro atoms. The second kappa shape index (κ2) is 50.3. The molecule has 0 heterocycles. The van der Waals surface area contributed by atoms with E-state index in [0.29, 0.717) is 0 Å². The Balaban J connectivity index is 0. The predicted octanol–water partition coefficient (Wildman–Crippen LogP) is -0.361. The number of rotatable bonds is 0. The van der Waals surface area contributed by atoms with Crippen LogP contribution in [-0.4, -0.2) is 0 Å². The first-order valence-electron chi connectivity index (χ1n) is 0. The average Bonchev–Trinajstić information content (AvgIpc) is 0. The van der Waals surface area contributed by atoms with Crippen molar-refractivity contribution in [2.24, 2.45) is 0 Å². The zero-order chi connectivity index (χ0) is 0. The third-order valence-corrected chi connectivity index (χ3v) is 0. The van der Waals surface area contributed by atoms with Gasteiger partial charge >= 0.3 is 71.2 Å². The molecule has 0 aromatic carbocycles. The van der Waals surface area contributed by atoms with Gasteiger partial charge in [-0.1, -0.05) is 0 Å². The van der Waals surface area contributed by atoms with E-state index in [4.69, 9.17) is 0 Å². The van der Waals surface area contributed by atoms with Crippen LogP contribution in [0.15, 0.2) is 0 Å². The molecule has 0 atom stereocenters. The zero-order valence-corrected chi connectivity index (χ0v) is 15.5. The fourth-order valence-electron chi connectivity index (χ4n) is 0. The van der Waals surface area contributed by atoms with Crippen LogP contribution in [0.3, 0.4) is 0 Å². The molecule has 0 radical (unpaired) electrons. The minimum absolute atomic E-state index is 0. The monoisotopic (exact) mass is 506 g/mol. The average molecular weight is 508 g/mol. The fourth-order valence-corrected chi connectivity index (χ4v) is 0. The summed E-state index contributed by atoms with van der Waals surface area (Å²) in [5.74, 6) is 0. The van der Waals surface area contributed by atoms with Gasteiger partial charge in [-0.3, -0.25) is 0 Å². The third-order valence-electron chi connectivity index (χ3n) is 0. The summed E-state index contributed by atoms with van der Waals surface area (Å²) in [6.45, 7) is 0. The van der Waals surface area contributed by atoms with Crippen LogP contribution >= 0.6 is 0 Å². The Morgan fingerprint density at radius 3 is 0.429 bits per heavy atom. The third kappa shape index (κ3) is 39.8. The molecule has 0 fully saturated rings. The summed E-state index contributed by atoms with van der Waals surface area (Å²) in [6, 6.07) is 0. The second-order valence-electron chi connectivity index (χ2n) is 0. The van der Waals surface area contributed by atoms with Gasteiger partial charge in [-0.2, -0.15) is 0 Å². The maximum atomic E-state index is 0. The summed E-state index contributed by atoms with van der Waals surface area (Å²) in [7, 11) is 0. The van der Waals surface area contributed by atoms with E-state index < -0.39 is 0 Å². The largest absolute Gasteiger partial charge is 3.00 e. The van der Waals surface area contributed by atoms with E-state index >= 15 is 0 Å². The summed E-state index contributed by atoms with van der Waals surface area (Å²) < 4.78 is 0. The van der Waals surface area contributed by atoms with Gasteiger partial charge in [0.2, 0.25) is 0 Å². The molecule has 0 saturated carbocycles. The molecule has 32 valence electrons. The molecule has 7 heteroatoms. The van der Waals surface area contributed by atoms with Gasteiger partial charge in [-0.05, 0) is 0 Å². The molecule has 0 amide bonds. The molecule has 0 aromatic rings. The smallest absolute Gasteiger partial charge is 2.00 e. The van der Waals surface area contributed by atoms with E-state index in [1.54, 1.807) is 0 Å². The van der Waals surface area contributed by atoms with E-state index in [-0.39, 0.29) is 140 Å². The van der Waals surface area contributed by atoms with E-state index in [0.717, 1.165) is 0 Å². The van der Waals surface area contributed by atoms with Crippen molar-refractivity contribution in [1.82, 2.24) is 0 Å². The molecule has 0 aliphatic rings. The molecule has 0 saturated heterocycles. The van der Waals surface area contributed by atoms with Crippen LogP contribution in [0, 0.1) is 71.2 Å². The van der Waals surface area contributed by atoms with Gasteiger partial charge in [-0.15, -0.1) is 0 Å². The Labute approximate surface area is 137 Å². The van der Waals surface area contributed by atoms with E-state index in [2.05, 4.69) is 0 Å². The van der Waals surface area contributed by atoms with Crippen LogP contribution in [0.5, 0.6) is 0 Å². The molecule has 0 N–H and O–H groups in total. The number of hydrogen-bond donors (Lipinski definition) is 0. The molecule has 0 bridgehead atoms. The first-order chi connectivity index (χ1) is 0. The Morgan fingerprint density at radius 1 is 0.429 bits per heavy atom.